The second-order valence-electron chi connectivity index (χ2n) is 3.81. The number of benzene rings is 1. The van der Waals surface area contributed by atoms with Crippen molar-refractivity contribution in [3.05, 3.63) is 49.6 Å². The summed E-state index contributed by atoms with van der Waals surface area (Å²) in [6.45, 7) is 0. The Hall–Kier alpha value is -0.550. The van der Waals surface area contributed by atoms with Crippen LogP contribution in [0.3, 0.4) is 0 Å². The van der Waals surface area contributed by atoms with E-state index in [0.29, 0.717) is 11.4 Å². The molecule has 0 aliphatic carbocycles. The van der Waals surface area contributed by atoms with E-state index in [1.54, 1.807) is 13.2 Å². The summed E-state index contributed by atoms with van der Waals surface area (Å²) in [5, 5.41) is 12.7. The Morgan fingerprint density at radius 1 is 1.44 bits per heavy atom. The maximum atomic E-state index is 10.2. The molecule has 0 amide bonds. The Balaban J connectivity index is 2.23. The molecule has 18 heavy (non-hydrogen) atoms. The van der Waals surface area contributed by atoms with Crippen LogP contribution in [0.5, 0.6) is 5.75 Å². The SMILES string of the molecule is COc1ccc(Br)cc1CC(O)c1sccc1Cl. The molecule has 2 aromatic rings. The predicted octanol–water partition coefficient (Wildman–Crippen LogP) is 4.45. The summed E-state index contributed by atoms with van der Waals surface area (Å²) in [6.07, 6.45) is -0.135. The first-order valence-electron chi connectivity index (χ1n) is 5.35. The zero-order valence-electron chi connectivity index (χ0n) is 9.69. The minimum atomic E-state index is -0.610. The first-order valence-corrected chi connectivity index (χ1v) is 7.40. The van der Waals surface area contributed by atoms with Crippen LogP contribution in [0.25, 0.3) is 0 Å². The third-order valence-corrected chi connectivity index (χ3v) is 4.56. The van der Waals surface area contributed by atoms with Crippen molar-refractivity contribution in [3.63, 3.8) is 0 Å². The van der Waals surface area contributed by atoms with Crippen molar-refractivity contribution < 1.29 is 9.84 Å². The second-order valence-corrected chi connectivity index (χ2v) is 6.08. The summed E-state index contributed by atoms with van der Waals surface area (Å²) >= 11 is 10.9. The molecule has 96 valence electrons. The van der Waals surface area contributed by atoms with Gasteiger partial charge in [-0.1, -0.05) is 27.5 Å². The second kappa shape index (κ2) is 6.06. The molecular weight excluding hydrogens is 336 g/mol. The normalized spacial score (nSPS) is 12.4. The van der Waals surface area contributed by atoms with Gasteiger partial charge in [0, 0.05) is 10.9 Å². The monoisotopic (exact) mass is 346 g/mol. The third-order valence-electron chi connectivity index (χ3n) is 2.60. The van der Waals surface area contributed by atoms with Crippen LogP contribution in [0.2, 0.25) is 5.02 Å². The lowest BCUT2D eigenvalue weighted by molar-refractivity contribution is 0.181. The number of rotatable bonds is 4. The van der Waals surface area contributed by atoms with Gasteiger partial charge in [0.15, 0.2) is 0 Å². The highest BCUT2D eigenvalue weighted by atomic mass is 79.9. The molecule has 0 fully saturated rings. The zero-order chi connectivity index (χ0) is 13.1. The summed E-state index contributed by atoms with van der Waals surface area (Å²) in [5.74, 6) is 0.768. The van der Waals surface area contributed by atoms with Gasteiger partial charge in [0.2, 0.25) is 0 Å². The van der Waals surface area contributed by atoms with E-state index in [2.05, 4.69) is 15.9 Å². The smallest absolute Gasteiger partial charge is 0.122 e. The lowest BCUT2D eigenvalue weighted by atomic mass is 10.1. The van der Waals surface area contributed by atoms with E-state index < -0.39 is 6.10 Å². The van der Waals surface area contributed by atoms with Crippen LogP contribution in [-0.2, 0) is 6.42 Å². The van der Waals surface area contributed by atoms with Crippen molar-refractivity contribution in [2.75, 3.05) is 7.11 Å². The van der Waals surface area contributed by atoms with Gasteiger partial charge in [-0.25, -0.2) is 0 Å². The molecule has 0 saturated carbocycles. The van der Waals surface area contributed by atoms with Crippen molar-refractivity contribution >= 4 is 38.9 Å². The van der Waals surface area contributed by atoms with Crippen molar-refractivity contribution in [2.45, 2.75) is 12.5 Å². The maximum absolute atomic E-state index is 10.2. The van der Waals surface area contributed by atoms with Crippen molar-refractivity contribution in [1.29, 1.82) is 0 Å². The van der Waals surface area contributed by atoms with Crippen molar-refractivity contribution in [3.8, 4) is 5.75 Å². The minimum absolute atomic E-state index is 0.475. The topological polar surface area (TPSA) is 29.5 Å². The van der Waals surface area contributed by atoms with Gasteiger partial charge in [-0.2, -0.15) is 0 Å². The van der Waals surface area contributed by atoms with Crippen molar-refractivity contribution in [1.82, 2.24) is 0 Å². The van der Waals surface area contributed by atoms with Gasteiger partial charge in [0.1, 0.15) is 5.75 Å². The van der Waals surface area contributed by atoms with Gasteiger partial charge in [-0.15, -0.1) is 11.3 Å². The molecule has 0 aliphatic heterocycles. The number of halogens is 2. The van der Waals surface area contributed by atoms with Crippen LogP contribution in [-0.4, -0.2) is 12.2 Å². The molecule has 1 aromatic carbocycles. The molecule has 2 rings (SSSR count). The summed E-state index contributed by atoms with van der Waals surface area (Å²) in [7, 11) is 1.62. The molecule has 0 saturated heterocycles. The van der Waals surface area contributed by atoms with E-state index >= 15 is 0 Å². The van der Waals surface area contributed by atoms with E-state index in [-0.39, 0.29) is 0 Å². The number of ether oxygens (including phenoxy) is 1. The number of hydrogen-bond donors (Lipinski definition) is 1. The molecule has 1 N–H and O–H groups in total. The van der Waals surface area contributed by atoms with Gasteiger partial charge in [0.25, 0.3) is 0 Å². The van der Waals surface area contributed by atoms with Gasteiger partial charge in [0.05, 0.1) is 23.1 Å². The van der Waals surface area contributed by atoms with Crippen LogP contribution in [0.4, 0.5) is 0 Å². The summed E-state index contributed by atoms with van der Waals surface area (Å²) in [6, 6.07) is 7.53. The third kappa shape index (κ3) is 3.06. The van der Waals surface area contributed by atoms with Crippen LogP contribution in [0.1, 0.15) is 16.5 Å². The summed E-state index contributed by atoms with van der Waals surface area (Å²) < 4.78 is 6.25. The minimum Gasteiger partial charge on any atom is -0.496 e. The van der Waals surface area contributed by atoms with E-state index in [1.807, 2.05) is 23.6 Å². The van der Waals surface area contributed by atoms with Crippen LogP contribution in [0, 0.1) is 0 Å². The Labute approximate surface area is 123 Å². The van der Waals surface area contributed by atoms with Crippen LogP contribution < -0.4 is 4.74 Å². The van der Waals surface area contributed by atoms with Gasteiger partial charge >= 0.3 is 0 Å². The Kier molecular flexibility index (Phi) is 4.67. The molecule has 1 heterocycles. The maximum Gasteiger partial charge on any atom is 0.122 e. The Morgan fingerprint density at radius 3 is 2.83 bits per heavy atom. The van der Waals surface area contributed by atoms with Gasteiger partial charge in [-0.05, 0) is 35.2 Å². The number of hydrogen-bond acceptors (Lipinski definition) is 3. The highest BCUT2D eigenvalue weighted by Gasteiger charge is 2.16. The molecule has 5 heteroatoms. The van der Waals surface area contributed by atoms with Gasteiger partial charge in [-0.3, -0.25) is 0 Å². The number of aliphatic hydroxyl groups excluding tert-OH is 1. The standard InChI is InChI=1S/C13H12BrClO2S/c1-17-12-3-2-9(14)6-8(12)7-11(16)13-10(15)4-5-18-13/h2-6,11,16H,7H2,1H3. The fourth-order valence-corrected chi connectivity index (χ4v) is 3.33. The lowest BCUT2D eigenvalue weighted by Crippen LogP contribution is -2.02. The van der Waals surface area contributed by atoms with Gasteiger partial charge < -0.3 is 9.84 Å². The fourth-order valence-electron chi connectivity index (χ4n) is 1.75. The average Bonchev–Trinajstić information content (AvgIpc) is 2.76. The quantitative estimate of drug-likeness (QED) is 0.885. The van der Waals surface area contributed by atoms with Crippen molar-refractivity contribution in [2.24, 2.45) is 0 Å². The Morgan fingerprint density at radius 2 is 2.22 bits per heavy atom. The lowest BCUT2D eigenvalue weighted by Gasteiger charge is -2.13. The molecule has 0 bridgehead atoms. The Bertz CT molecular complexity index is 542. The first-order chi connectivity index (χ1) is 8.61. The molecule has 1 atom stereocenters. The van der Waals surface area contributed by atoms with E-state index in [4.69, 9.17) is 16.3 Å². The molecule has 2 nitrogen and oxygen atoms in total. The molecule has 0 radical (unpaired) electrons. The zero-order valence-corrected chi connectivity index (χ0v) is 12.8. The molecule has 0 spiro atoms. The summed E-state index contributed by atoms with van der Waals surface area (Å²) in [4.78, 5) is 0.790. The fraction of sp³-hybridized carbons (Fsp3) is 0.231. The van der Waals surface area contributed by atoms with E-state index in [0.717, 1.165) is 20.7 Å². The molecular formula is C13H12BrClO2S. The highest BCUT2D eigenvalue weighted by Crippen LogP contribution is 2.33. The van der Waals surface area contributed by atoms with E-state index in [9.17, 15) is 5.11 Å². The van der Waals surface area contributed by atoms with Crippen LogP contribution in [0.15, 0.2) is 34.1 Å². The predicted molar refractivity (Wildman–Crippen MR) is 78.7 cm³/mol. The average molecular weight is 348 g/mol. The molecule has 0 aliphatic rings. The largest absolute Gasteiger partial charge is 0.496 e. The highest BCUT2D eigenvalue weighted by molar-refractivity contribution is 9.10. The number of methoxy groups -OCH3 is 1. The molecule has 1 unspecified atom stereocenters. The first kappa shape index (κ1) is 13.9. The van der Waals surface area contributed by atoms with E-state index in [1.165, 1.54) is 11.3 Å². The number of aliphatic hydroxyl groups is 1. The molecule has 1 aromatic heterocycles. The number of thiophene rings is 1. The van der Waals surface area contributed by atoms with Crippen LogP contribution >= 0.6 is 38.9 Å². The summed E-state index contributed by atoms with van der Waals surface area (Å²) in [5.41, 5.74) is 0.948.